The molecule has 0 bridgehead atoms. The van der Waals surface area contributed by atoms with E-state index in [1.807, 2.05) is 46.8 Å². The third-order valence-corrected chi connectivity index (χ3v) is 13.3. The minimum Gasteiger partial charge on any atom is -0.460 e. The van der Waals surface area contributed by atoms with E-state index >= 15 is 0 Å². The molecule has 5 aliphatic carbocycles. The third-order valence-electron chi connectivity index (χ3n) is 13.3. The first-order chi connectivity index (χ1) is 19.2. The summed E-state index contributed by atoms with van der Waals surface area (Å²) in [6.07, 6.45) is 12.0. The van der Waals surface area contributed by atoms with Gasteiger partial charge in [0.2, 0.25) is 0 Å². The number of hydrogen-bond donors (Lipinski definition) is 0. The largest absolute Gasteiger partial charge is 0.460 e. The van der Waals surface area contributed by atoms with E-state index in [1.54, 1.807) is 0 Å². The molecule has 0 saturated heterocycles. The van der Waals surface area contributed by atoms with Gasteiger partial charge in [-0.25, -0.2) is 0 Å². The van der Waals surface area contributed by atoms with E-state index in [0.29, 0.717) is 6.42 Å². The monoisotopic (exact) mass is 575 g/mol. The maximum atomic E-state index is 14.6. The molecule has 0 aromatic heterocycles. The predicted molar refractivity (Wildman–Crippen MR) is 164 cm³/mol. The summed E-state index contributed by atoms with van der Waals surface area (Å²) < 4.78 is 5.72. The van der Waals surface area contributed by atoms with E-state index in [2.05, 4.69) is 40.7 Å². The topological polar surface area (TPSA) is 84.2 Å². The van der Waals surface area contributed by atoms with E-state index in [0.717, 1.165) is 56.9 Å². The number of allylic oxidation sites excluding steroid dienone is 4. The van der Waals surface area contributed by atoms with Gasteiger partial charge in [-0.15, -0.1) is 0 Å². The van der Waals surface area contributed by atoms with Gasteiger partial charge in [0.05, 0.1) is 5.57 Å². The Labute approximate surface area is 253 Å². The highest BCUT2D eigenvalue weighted by atomic mass is 16.6. The third kappa shape index (κ3) is 4.40. The van der Waals surface area contributed by atoms with Crippen molar-refractivity contribution < 1.29 is 19.1 Å². The standard InChI is InChI=1S/C37H53NO4/c1-31(2,3)42-28(40)12-14-37-17-15-32(4,5)21-24(37)29-25(39)19-27-34(8)20-23(22-38)30(41)33(6,7)26(34)11-13-35(27,9)36(29,10)16-18-37/h19-20,24,26,29H,11-18,21H2,1-10H3/t24?,26-,29?,34-,35+,36+,37+/m0/s1. The first-order valence-electron chi connectivity index (χ1n) is 16.3. The number of ketones is 2. The molecule has 5 heteroatoms. The van der Waals surface area contributed by atoms with Crippen LogP contribution in [0.15, 0.2) is 23.3 Å². The highest BCUT2D eigenvalue weighted by molar-refractivity contribution is 6.04. The average molecular weight is 576 g/mol. The van der Waals surface area contributed by atoms with Crippen LogP contribution in [0.1, 0.15) is 127 Å². The van der Waals surface area contributed by atoms with Crippen LogP contribution in [0.5, 0.6) is 0 Å². The fraction of sp³-hybridized carbons (Fsp3) is 0.784. The maximum Gasteiger partial charge on any atom is 0.306 e. The number of fused-ring (bicyclic) bond motifs is 7. The second kappa shape index (κ2) is 9.39. The van der Waals surface area contributed by atoms with Gasteiger partial charge in [-0.05, 0) is 112 Å². The Kier molecular flexibility index (Phi) is 6.98. The van der Waals surface area contributed by atoms with Crippen molar-refractivity contribution in [1.82, 2.24) is 0 Å². The molecule has 0 radical (unpaired) electrons. The Bertz CT molecular complexity index is 1320. The molecular formula is C37H53NO4. The number of nitriles is 1. The smallest absolute Gasteiger partial charge is 0.306 e. The zero-order valence-corrected chi connectivity index (χ0v) is 27.8. The van der Waals surface area contributed by atoms with Crippen molar-refractivity contribution in [2.75, 3.05) is 0 Å². The number of nitrogens with zero attached hydrogens (tertiary/aromatic N) is 1. The summed E-state index contributed by atoms with van der Waals surface area (Å²) >= 11 is 0. The van der Waals surface area contributed by atoms with Crippen molar-refractivity contribution in [3.63, 3.8) is 0 Å². The van der Waals surface area contributed by atoms with Gasteiger partial charge < -0.3 is 4.74 Å². The number of carbonyl (C=O) groups is 3. The summed E-state index contributed by atoms with van der Waals surface area (Å²) in [6.45, 7) is 21.4. The maximum absolute atomic E-state index is 14.6. The molecule has 0 aromatic rings. The number of Topliss-reactive ketones (excluding diaryl/α,β-unsaturated/α-hetero) is 1. The molecule has 0 aromatic carbocycles. The molecule has 0 aliphatic heterocycles. The summed E-state index contributed by atoms with van der Waals surface area (Å²) in [4.78, 5) is 40.8. The predicted octanol–water partition coefficient (Wildman–Crippen LogP) is 8.33. The van der Waals surface area contributed by atoms with Crippen LogP contribution in [0.4, 0.5) is 0 Å². The molecule has 0 amide bonds. The lowest BCUT2D eigenvalue weighted by molar-refractivity contribution is -0.175. The Morgan fingerprint density at radius 1 is 1.00 bits per heavy atom. The van der Waals surface area contributed by atoms with Gasteiger partial charge in [-0.3, -0.25) is 14.4 Å². The summed E-state index contributed by atoms with van der Waals surface area (Å²) in [7, 11) is 0. The van der Waals surface area contributed by atoms with Crippen LogP contribution in [0.25, 0.3) is 0 Å². The highest BCUT2D eigenvalue weighted by Crippen LogP contribution is 2.75. The van der Waals surface area contributed by atoms with Gasteiger partial charge in [0.15, 0.2) is 11.6 Å². The van der Waals surface area contributed by atoms with Crippen molar-refractivity contribution in [3.05, 3.63) is 23.3 Å². The molecule has 5 rings (SSSR count). The molecule has 7 atom stereocenters. The highest BCUT2D eigenvalue weighted by Gasteiger charge is 2.69. The second-order valence-electron chi connectivity index (χ2n) is 17.7. The average Bonchev–Trinajstić information content (AvgIpc) is 2.85. The van der Waals surface area contributed by atoms with Gasteiger partial charge in [-0.2, -0.15) is 5.26 Å². The van der Waals surface area contributed by atoms with Crippen LogP contribution in [-0.4, -0.2) is 23.1 Å². The number of carbonyl (C=O) groups excluding carboxylic acids is 3. The molecular weight excluding hydrogens is 522 g/mol. The zero-order valence-electron chi connectivity index (χ0n) is 27.8. The second-order valence-corrected chi connectivity index (χ2v) is 17.7. The molecule has 0 spiro atoms. The summed E-state index contributed by atoms with van der Waals surface area (Å²) in [5, 5.41) is 9.95. The molecule has 5 nitrogen and oxygen atoms in total. The lowest BCUT2D eigenvalue weighted by atomic mass is 9.34. The van der Waals surface area contributed by atoms with Gasteiger partial charge in [0, 0.05) is 23.2 Å². The Morgan fingerprint density at radius 2 is 1.64 bits per heavy atom. The summed E-state index contributed by atoms with van der Waals surface area (Å²) in [5.41, 5.74) is -0.652. The van der Waals surface area contributed by atoms with E-state index in [1.165, 1.54) is 0 Å². The Hall–Kier alpha value is -2.22. The molecule has 230 valence electrons. The van der Waals surface area contributed by atoms with Crippen molar-refractivity contribution in [1.29, 1.82) is 5.26 Å². The van der Waals surface area contributed by atoms with Gasteiger partial charge >= 0.3 is 5.97 Å². The summed E-state index contributed by atoms with van der Waals surface area (Å²) in [5.74, 6) is 0.170. The molecule has 5 aliphatic rings. The van der Waals surface area contributed by atoms with Crippen molar-refractivity contribution in [2.45, 2.75) is 133 Å². The van der Waals surface area contributed by atoms with Crippen molar-refractivity contribution in [3.8, 4) is 6.07 Å². The number of rotatable bonds is 3. The molecule has 42 heavy (non-hydrogen) atoms. The van der Waals surface area contributed by atoms with Crippen LogP contribution in [-0.2, 0) is 19.1 Å². The first-order valence-corrected chi connectivity index (χ1v) is 16.3. The molecule has 0 heterocycles. The quantitative estimate of drug-likeness (QED) is 0.316. The SMILES string of the molecule is CC1(C)CC[C@]2(CCC(=O)OC(C)(C)C)CC[C@]3(C)C(C(=O)C=C4[C@@]5(C)C=C(C#N)C(=O)C(C)(C)[C@@H]5CC[C@]43C)C2C1. The van der Waals surface area contributed by atoms with Crippen molar-refractivity contribution >= 4 is 17.5 Å². The Balaban J connectivity index is 1.59. The van der Waals surface area contributed by atoms with Crippen LogP contribution >= 0.6 is 0 Å². The van der Waals surface area contributed by atoms with E-state index in [4.69, 9.17) is 4.74 Å². The fourth-order valence-electron chi connectivity index (χ4n) is 10.9. The molecule has 3 fully saturated rings. The zero-order chi connectivity index (χ0) is 31.3. The molecule has 3 saturated carbocycles. The normalized spacial score (nSPS) is 42.1. The van der Waals surface area contributed by atoms with Gasteiger partial charge in [0.1, 0.15) is 11.7 Å². The number of hydrogen-bond acceptors (Lipinski definition) is 5. The molecule has 0 N–H and O–H groups in total. The number of ether oxygens (including phenoxy) is 1. The number of esters is 1. The van der Waals surface area contributed by atoms with Crippen molar-refractivity contribution in [2.24, 2.45) is 50.2 Å². The summed E-state index contributed by atoms with van der Waals surface area (Å²) in [6, 6.07) is 2.20. The minimum absolute atomic E-state index is 0.0395. The Morgan fingerprint density at radius 3 is 2.26 bits per heavy atom. The van der Waals surface area contributed by atoms with Crippen LogP contribution in [0.2, 0.25) is 0 Å². The fourth-order valence-corrected chi connectivity index (χ4v) is 10.9. The minimum atomic E-state index is -0.658. The van der Waals surface area contributed by atoms with Crippen LogP contribution < -0.4 is 0 Å². The van der Waals surface area contributed by atoms with Gasteiger partial charge in [0.25, 0.3) is 0 Å². The van der Waals surface area contributed by atoms with Gasteiger partial charge in [-0.1, -0.05) is 60.1 Å². The van der Waals surface area contributed by atoms with Crippen LogP contribution in [0.3, 0.4) is 0 Å². The first kappa shape index (κ1) is 31.2. The van der Waals surface area contributed by atoms with E-state index < -0.39 is 16.4 Å². The molecule has 2 unspecified atom stereocenters. The lowest BCUT2D eigenvalue weighted by Gasteiger charge is -2.69. The van der Waals surface area contributed by atoms with E-state index in [9.17, 15) is 19.6 Å². The van der Waals surface area contributed by atoms with E-state index in [-0.39, 0.29) is 62.5 Å². The van der Waals surface area contributed by atoms with Crippen LogP contribution in [0, 0.1) is 61.6 Å². The lowest BCUT2D eigenvalue weighted by Crippen LogP contribution is -2.64.